The van der Waals surface area contributed by atoms with E-state index in [0.717, 1.165) is 23.4 Å². The number of carbonyl (C=O) groups is 1. The van der Waals surface area contributed by atoms with E-state index >= 15 is 0 Å². The molecule has 1 fully saturated rings. The zero-order chi connectivity index (χ0) is 23.1. The predicted molar refractivity (Wildman–Crippen MR) is 115 cm³/mol. The van der Waals surface area contributed by atoms with Gasteiger partial charge in [0.05, 0.1) is 10.5 Å². The normalized spacial score (nSPS) is 17.9. The molecule has 0 bridgehead atoms. The fraction of sp³-hybridized carbons (Fsp3) is 0.409. The summed E-state index contributed by atoms with van der Waals surface area (Å²) in [5.74, 6) is -0.0819. The van der Waals surface area contributed by atoms with Crippen LogP contribution < -0.4 is 9.80 Å². The summed E-state index contributed by atoms with van der Waals surface area (Å²) in [6.45, 7) is 3.23. The lowest BCUT2D eigenvalue weighted by Gasteiger charge is -2.24. The van der Waals surface area contributed by atoms with Crippen LogP contribution in [0.25, 0.3) is 0 Å². The summed E-state index contributed by atoms with van der Waals surface area (Å²) in [6, 6.07) is 9.93. The lowest BCUT2D eigenvalue weighted by molar-refractivity contribution is -0.137. The van der Waals surface area contributed by atoms with E-state index < -0.39 is 21.8 Å². The van der Waals surface area contributed by atoms with E-state index in [4.69, 9.17) is 0 Å². The monoisotopic (exact) mass is 467 g/mol. The Morgan fingerprint density at radius 2 is 1.75 bits per heavy atom. The molecule has 172 valence electrons. The molecule has 0 aromatic heterocycles. The van der Waals surface area contributed by atoms with E-state index in [1.165, 1.54) is 23.4 Å². The van der Waals surface area contributed by atoms with Crippen molar-refractivity contribution in [2.24, 2.45) is 0 Å². The first-order valence-electron chi connectivity index (χ1n) is 10.4. The molecule has 32 heavy (non-hydrogen) atoms. The van der Waals surface area contributed by atoms with Crippen LogP contribution in [0.2, 0.25) is 0 Å². The van der Waals surface area contributed by atoms with Crippen LogP contribution in [0.4, 0.5) is 24.5 Å². The zero-order valence-electron chi connectivity index (χ0n) is 17.6. The van der Waals surface area contributed by atoms with Gasteiger partial charge in [0.2, 0.25) is 15.9 Å². The molecule has 0 unspecified atom stereocenters. The minimum Gasteiger partial charge on any atom is -0.370 e. The Bertz CT molecular complexity index is 1130. The van der Waals surface area contributed by atoms with Crippen molar-refractivity contribution in [3.05, 3.63) is 53.6 Å². The van der Waals surface area contributed by atoms with Crippen LogP contribution in [-0.4, -0.2) is 51.4 Å². The fourth-order valence-corrected chi connectivity index (χ4v) is 5.81. The summed E-state index contributed by atoms with van der Waals surface area (Å²) < 4.78 is 67.1. The first kappa shape index (κ1) is 22.6. The molecule has 0 radical (unpaired) electrons. The van der Waals surface area contributed by atoms with Gasteiger partial charge in [-0.2, -0.15) is 17.5 Å². The molecule has 1 saturated heterocycles. The topological polar surface area (TPSA) is 60.9 Å². The maximum atomic E-state index is 13.3. The predicted octanol–water partition coefficient (Wildman–Crippen LogP) is 3.52. The van der Waals surface area contributed by atoms with Gasteiger partial charge in [-0.25, -0.2) is 8.42 Å². The first-order valence-corrected chi connectivity index (χ1v) is 11.8. The third-order valence-electron chi connectivity index (χ3n) is 5.96. The fourth-order valence-electron chi connectivity index (χ4n) is 4.29. The number of amides is 1. The Labute approximate surface area is 185 Å². The van der Waals surface area contributed by atoms with E-state index in [2.05, 4.69) is 0 Å². The van der Waals surface area contributed by atoms with Gasteiger partial charge in [0.25, 0.3) is 0 Å². The maximum absolute atomic E-state index is 13.3. The highest BCUT2D eigenvalue weighted by Crippen LogP contribution is 2.33. The molecule has 0 aliphatic carbocycles. The van der Waals surface area contributed by atoms with Gasteiger partial charge < -0.3 is 9.80 Å². The number of hydrogen-bond acceptors (Lipinski definition) is 4. The Morgan fingerprint density at radius 1 is 0.969 bits per heavy atom. The first-order chi connectivity index (χ1) is 15.1. The number of halogens is 3. The van der Waals surface area contributed by atoms with E-state index in [1.807, 2.05) is 0 Å². The molecule has 0 N–H and O–H groups in total. The van der Waals surface area contributed by atoms with Gasteiger partial charge in [-0.3, -0.25) is 4.79 Å². The number of anilines is 2. The van der Waals surface area contributed by atoms with Gasteiger partial charge in [-0.1, -0.05) is 6.07 Å². The number of nitrogens with zero attached hydrogens (tertiary/aromatic N) is 3. The minimum absolute atomic E-state index is 0.0819. The lowest BCUT2D eigenvalue weighted by atomic mass is 10.1. The lowest BCUT2D eigenvalue weighted by Crippen LogP contribution is -2.35. The molecule has 6 nitrogen and oxygen atoms in total. The van der Waals surface area contributed by atoms with Crippen molar-refractivity contribution in [1.82, 2.24) is 4.31 Å². The number of fused-ring (bicyclic) bond motifs is 1. The van der Waals surface area contributed by atoms with Crippen molar-refractivity contribution < 1.29 is 26.4 Å². The Morgan fingerprint density at radius 3 is 2.47 bits per heavy atom. The number of carbonyl (C=O) groups excluding carboxylic acids is 1. The molecule has 0 spiro atoms. The maximum Gasteiger partial charge on any atom is 0.416 e. The SMILES string of the molecule is CC(=O)N1CCc2cc(S(=O)(=O)N3CCCN(c4cccc(C(F)(F)F)c4)CC3)ccc21. The van der Waals surface area contributed by atoms with Crippen molar-refractivity contribution in [2.75, 3.05) is 42.5 Å². The average molecular weight is 468 g/mol. The zero-order valence-corrected chi connectivity index (χ0v) is 18.4. The van der Waals surface area contributed by atoms with Gasteiger partial charge in [0, 0.05) is 51.0 Å². The molecule has 2 aliphatic heterocycles. The number of benzene rings is 2. The highest BCUT2D eigenvalue weighted by Gasteiger charge is 2.32. The van der Waals surface area contributed by atoms with Crippen LogP contribution in [-0.2, 0) is 27.4 Å². The molecule has 0 saturated carbocycles. The van der Waals surface area contributed by atoms with Crippen LogP contribution in [0.15, 0.2) is 47.4 Å². The van der Waals surface area contributed by atoms with Crippen LogP contribution in [0, 0.1) is 0 Å². The summed E-state index contributed by atoms with van der Waals surface area (Å²) in [6.07, 6.45) is -3.33. The molecule has 2 aliphatic rings. The van der Waals surface area contributed by atoms with Crippen molar-refractivity contribution in [3.8, 4) is 0 Å². The van der Waals surface area contributed by atoms with Gasteiger partial charge in [0.1, 0.15) is 0 Å². The van der Waals surface area contributed by atoms with E-state index in [9.17, 15) is 26.4 Å². The van der Waals surface area contributed by atoms with E-state index in [1.54, 1.807) is 28.0 Å². The van der Waals surface area contributed by atoms with Crippen LogP contribution in [0.3, 0.4) is 0 Å². The molecule has 2 aromatic rings. The molecule has 1 amide bonds. The van der Waals surface area contributed by atoms with Crippen molar-refractivity contribution >= 4 is 27.3 Å². The molecule has 4 rings (SSSR count). The summed E-state index contributed by atoms with van der Waals surface area (Å²) in [4.78, 5) is 15.3. The number of rotatable bonds is 3. The third kappa shape index (κ3) is 4.33. The van der Waals surface area contributed by atoms with Gasteiger partial charge in [-0.15, -0.1) is 0 Å². The summed E-state index contributed by atoms with van der Waals surface area (Å²) in [5, 5.41) is 0. The van der Waals surface area contributed by atoms with Crippen molar-refractivity contribution in [2.45, 2.75) is 30.8 Å². The Hall–Kier alpha value is -2.59. The van der Waals surface area contributed by atoms with Gasteiger partial charge in [-0.05, 0) is 54.8 Å². The molecular formula is C22H24F3N3O3S. The van der Waals surface area contributed by atoms with Crippen molar-refractivity contribution in [1.29, 1.82) is 0 Å². The van der Waals surface area contributed by atoms with E-state index in [0.29, 0.717) is 38.2 Å². The van der Waals surface area contributed by atoms with Crippen LogP contribution in [0.5, 0.6) is 0 Å². The van der Waals surface area contributed by atoms with E-state index in [-0.39, 0.29) is 23.9 Å². The third-order valence-corrected chi connectivity index (χ3v) is 7.85. The van der Waals surface area contributed by atoms with Gasteiger partial charge in [0.15, 0.2) is 0 Å². The second kappa shape index (κ2) is 8.40. The molecule has 0 atom stereocenters. The highest BCUT2D eigenvalue weighted by atomic mass is 32.2. The number of sulfonamides is 1. The molecular weight excluding hydrogens is 443 g/mol. The summed E-state index contributed by atoms with van der Waals surface area (Å²) in [7, 11) is -3.76. The second-order valence-electron chi connectivity index (χ2n) is 8.00. The summed E-state index contributed by atoms with van der Waals surface area (Å²) in [5.41, 5.74) is 1.27. The highest BCUT2D eigenvalue weighted by molar-refractivity contribution is 7.89. The minimum atomic E-state index is -4.43. The van der Waals surface area contributed by atoms with Gasteiger partial charge >= 0.3 is 6.18 Å². The van der Waals surface area contributed by atoms with Crippen molar-refractivity contribution in [3.63, 3.8) is 0 Å². The molecule has 10 heteroatoms. The molecule has 2 aromatic carbocycles. The Kier molecular flexibility index (Phi) is 5.93. The Balaban J connectivity index is 1.52. The van der Waals surface area contributed by atoms with Crippen LogP contribution in [0.1, 0.15) is 24.5 Å². The standard InChI is InChI=1S/C22H24F3N3O3S/c1-16(29)28-11-8-17-14-20(6-7-21(17)28)32(30,31)27-10-3-9-26(12-13-27)19-5-2-4-18(15-19)22(23,24)25/h2,4-7,14-15H,3,8-13H2,1H3. The number of hydrogen-bond donors (Lipinski definition) is 0. The summed E-state index contributed by atoms with van der Waals surface area (Å²) >= 11 is 0. The second-order valence-corrected chi connectivity index (χ2v) is 9.94. The number of alkyl halides is 3. The van der Waals surface area contributed by atoms with Crippen LogP contribution >= 0.6 is 0 Å². The average Bonchev–Trinajstić information content (AvgIpc) is 3.01. The quantitative estimate of drug-likeness (QED) is 0.693. The smallest absolute Gasteiger partial charge is 0.370 e. The largest absolute Gasteiger partial charge is 0.416 e. The molecule has 2 heterocycles.